The van der Waals surface area contributed by atoms with Gasteiger partial charge in [-0.25, -0.2) is 8.78 Å². The molecule has 1 aliphatic heterocycles. The Labute approximate surface area is 122 Å². The number of ether oxygens (including phenoxy) is 1. The zero-order chi connectivity index (χ0) is 14.8. The van der Waals surface area contributed by atoms with Gasteiger partial charge in [-0.2, -0.15) is 0 Å². The Kier molecular flexibility index (Phi) is 3.88. The van der Waals surface area contributed by atoms with Crippen LogP contribution in [-0.2, 0) is 11.2 Å². The summed E-state index contributed by atoms with van der Waals surface area (Å²) < 4.78 is 33.1. The zero-order valence-corrected chi connectivity index (χ0v) is 11.8. The van der Waals surface area contributed by atoms with Crippen molar-refractivity contribution in [3.8, 4) is 0 Å². The Morgan fingerprint density at radius 3 is 2.86 bits per heavy atom. The lowest BCUT2D eigenvalue weighted by Crippen LogP contribution is -2.23. The highest BCUT2D eigenvalue weighted by Gasteiger charge is 2.20. The second-order valence-electron chi connectivity index (χ2n) is 5.27. The molecule has 0 bridgehead atoms. The number of nitrogens with one attached hydrogen (secondary N) is 1. The summed E-state index contributed by atoms with van der Waals surface area (Å²) in [4.78, 5) is 0. The molecule has 110 valence electrons. The number of hydrogen-bond acceptors (Lipinski definition) is 2. The van der Waals surface area contributed by atoms with Gasteiger partial charge in [-0.15, -0.1) is 0 Å². The van der Waals surface area contributed by atoms with Crippen molar-refractivity contribution in [1.29, 1.82) is 0 Å². The summed E-state index contributed by atoms with van der Waals surface area (Å²) in [5.74, 6) is -0.859. The average molecular weight is 289 g/mol. The van der Waals surface area contributed by atoms with Crippen LogP contribution in [0.2, 0.25) is 0 Å². The molecule has 0 fully saturated rings. The van der Waals surface area contributed by atoms with Crippen molar-refractivity contribution in [2.75, 3.05) is 18.5 Å². The van der Waals surface area contributed by atoms with Crippen molar-refractivity contribution in [3.63, 3.8) is 0 Å². The first-order valence-corrected chi connectivity index (χ1v) is 7.04. The standard InChI is InChI=1S/C17H17F2NO/c1-11-8-15(19)16(9-14(11)18)20-10-17-13-5-3-2-4-12(13)6-7-21-17/h2-5,8-9,17,20H,6-7,10H2,1H3. The predicted molar refractivity (Wildman–Crippen MR) is 78.4 cm³/mol. The maximum atomic E-state index is 13.8. The van der Waals surface area contributed by atoms with Crippen LogP contribution in [-0.4, -0.2) is 13.2 Å². The topological polar surface area (TPSA) is 21.3 Å². The normalized spacial score (nSPS) is 17.4. The molecule has 0 aliphatic carbocycles. The van der Waals surface area contributed by atoms with Crippen LogP contribution >= 0.6 is 0 Å². The fraction of sp³-hybridized carbons (Fsp3) is 0.294. The van der Waals surface area contributed by atoms with Crippen molar-refractivity contribution >= 4 is 5.69 Å². The fourth-order valence-electron chi connectivity index (χ4n) is 2.63. The highest BCUT2D eigenvalue weighted by Crippen LogP contribution is 2.28. The van der Waals surface area contributed by atoms with E-state index >= 15 is 0 Å². The minimum Gasteiger partial charge on any atom is -0.380 e. The largest absolute Gasteiger partial charge is 0.380 e. The molecule has 21 heavy (non-hydrogen) atoms. The lowest BCUT2D eigenvalue weighted by Gasteiger charge is -2.26. The van der Waals surface area contributed by atoms with E-state index in [0.29, 0.717) is 18.7 Å². The van der Waals surface area contributed by atoms with Crippen LogP contribution in [0.15, 0.2) is 36.4 Å². The van der Waals surface area contributed by atoms with Crippen molar-refractivity contribution < 1.29 is 13.5 Å². The van der Waals surface area contributed by atoms with E-state index in [1.165, 1.54) is 17.7 Å². The molecule has 0 saturated carbocycles. The minimum atomic E-state index is -0.446. The van der Waals surface area contributed by atoms with Crippen molar-refractivity contribution in [2.45, 2.75) is 19.4 Å². The van der Waals surface area contributed by atoms with Gasteiger partial charge >= 0.3 is 0 Å². The second-order valence-corrected chi connectivity index (χ2v) is 5.27. The van der Waals surface area contributed by atoms with Gasteiger partial charge in [-0.3, -0.25) is 0 Å². The molecule has 2 aromatic rings. The van der Waals surface area contributed by atoms with Crippen LogP contribution < -0.4 is 5.32 Å². The summed E-state index contributed by atoms with van der Waals surface area (Å²) in [5, 5.41) is 2.95. The molecular weight excluding hydrogens is 272 g/mol. The van der Waals surface area contributed by atoms with Crippen molar-refractivity contribution in [2.24, 2.45) is 0 Å². The molecule has 0 saturated heterocycles. The number of hydrogen-bond donors (Lipinski definition) is 1. The van der Waals surface area contributed by atoms with Crippen molar-refractivity contribution in [3.05, 3.63) is 64.7 Å². The molecular formula is C17H17F2NO. The first kappa shape index (κ1) is 14.0. The number of fused-ring (bicyclic) bond motifs is 1. The average Bonchev–Trinajstić information content (AvgIpc) is 2.49. The van der Waals surface area contributed by atoms with Gasteiger partial charge in [0.1, 0.15) is 11.6 Å². The third-order valence-corrected chi connectivity index (χ3v) is 3.82. The van der Waals surface area contributed by atoms with Crippen LogP contribution in [0.5, 0.6) is 0 Å². The van der Waals surface area contributed by atoms with Gasteiger partial charge in [0, 0.05) is 12.6 Å². The first-order valence-electron chi connectivity index (χ1n) is 7.04. The minimum absolute atomic E-state index is 0.140. The highest BCUT2D eigenvalue weighted by atomic mass is 19.1. The SMILES string of the molecule is Cc1cc(F)c(NCC2OCCc3ccccc32)cc1F. The molecule has 2 aromatic carbocycles. The summed E-state index contributed by atoms with van der Waals surface area (Å²) in [6.07, 6.45) is 0.749. The lowest BCUT2D eigenvalue weighted by atomic mass is 9.97. The van der Waals surface area contributed by atoms with Gasteiger partial charge in [-0.1, -0.05) is 24.3 Å². The predicted octanol–water partition coefficient (Wildman–Crippen LogP) is 4.00. The van der Waals surface area contributed by atoms with Gasteiger partial charge in [0.2, 0.25) is 0 Å². The molecule has 0 aromatic heterocycles. The second kappa shape index (κ2) is 5.82. The maximum Gasteiger partial charge on any atom is 0.146 e. The molecule has 1 N–H and O–H groups in total. The van der Waals surface area contributed by atoms with Crippen LogP contribution in [0.4, 0.5) is 14.5 Å². The van der Waals surface area contributed by atoms with Gasteiger partial charge in [-0.05, 0) is 36.1 Å². The Hall–Kier alpha value is -1.94. The monoisotopic (exact) mass is 289 g/mol. The molecule has 1 unspecified atom stereocenters. The Bertz CT molecular complexity index is 657. The summed E-state index contributed by atoms with van der Waals surface area (Å²) in [6, 6.07) is 10.5. The summed E-state index contributed by atoms with van der Waals surface area (Å²) in [5.41, 5.74) is 2.84. The molecule has 1 aliphatic rings. The summed E-state index contributed by atoms with van der Waals surface area (Å²) in [6.45, 7) is 2.60. The van der Waals surface area contributed by atoms with Crippen LogP contribution in [0.25, 0.3) is 0 Å². The van der Waals surface area contributed by atoms with E-state index in [-0.39, 0.29) is 11.8 Å². The van der Waals surface area contributed by atoms with Gasteiger partial charge in [0.15, 0.2) is 0 Å². The van der Waals surface area contributed by atoms with E-state index in [0.717, 1.165) is 12.0 Å². The van der Waals surface area contributed by atoms with Crippen LogP contribution in [0.3, 0.4) is 0 Å². The highest BCUT2D eigenvalue weighted by molar-refractivity contribution is 5.47. The molecule has 1 heterocycles. The Morgan fingerprint density at radius 1 is 1.19 bits per heavy atom. The number of anilines is 1. The number of benzene rings is 2. The van der Waals surface area contributed by atoms with E-state index < -0.39 is 11.6 Å². The number of aryl methyl sites for hydroxylation is 1. The molecule has 3 rings (SSSR count). The summed E-state index contributed by atoms with van der Waals surface area (Å²) >= 11 is 0. The van der Waals surface area contributed by atoms with E-state index in [1.807, 2.05) is 18.2 Å². The smallest absolute Gasteiger partial charge is 0.146 e. The van der Waals surface area contributed by atoms with E-state index in [1.54, 1.807) is 6.92 Å². The number of halogens is 2. The number of rotatable bonds is 3. The molecule has 1 atom stereocenters. The van der Waals surface area contributed by atoms with Gasteiger partial charge < -0.3 is 10.1 Å². The Morgan fingerprint density at radius 2 is 2.00 bits per heavy atom. The third-order valence-electron chi connectivity index (χ3n) is 3.82. The molecule has 2 nitrogen and oxygen atoms in total. The van der Waals surface area contributed by atoms with Crippen LogP contribution in [0, 0.1) is 18.6 Å². The lowest BCUT2D eigenvalue weighted by molar-refractivity contribution is 0.0513. The quantitative estimate of drug-likeness (QED) is 0.922. The third kappa shape index (κ3) is 2.90. The zero-order valence-electron chi connectivity index (χ0n) is 11.8. The van der Waals surface area contributed by atoms with Gasteiger partial charge in [0.05, 0.1) is 18.4 Å². The van der Waals surface area contributed by atoms with Crippen LogP contribution in [0.1, 0.15) is 22.8 Å². The van der Waals surface area contributed by atoms with E-state index in [4.69, 9.17) is 4.74 Å². The first-order chi connectivity index (χ1) is 10.1. The molecule has 4 heteroatoms. The fourth-order valence-corrected chi connectivity index (χ4v) is 2.63. The van der Waals surface area contributed by atoms with Gasteiger partial charge in [0.25, 0.3) is 0 Å². The Balaban J connectivity index is 1.76. The van der Waals surface area contributed by atoms with E-state index in [2.05, 4.69) is 11.4 Å². The molecule has 0 spiro atoms. The maximum absolute atomic E-state index is 13.8. The molecule has 0 radical (unpaired) electrons. The van der Waals surface area contributed by atoms with Crippen molar-refractivity contribution in [1.82, 2.24) is 0 Å². The summed E-state index contributed by atoms with van der Waals surface area (Å²) in [7, 11) is 0. The van der Waals surface area contributed by atoms with E-state index in [9.17, 15) is 8.78 Å². The molecule has 0 amide bonds.